The molecule has 1 heterocycles. The van der Waals surface area contributed by atoms with Gasteiger partial charge in [-0.15, -0.1) is 0 Å². The maximum atomic E-state index is 11.1. The molecule has 3 heteroatoms. The molecule has 2 aliphatic rings. The van der Waals surface area contributed by atoms with Gasteiger partial charge in [0.05, 0.1) is 7.11 Å². The fourth-order valence-corrected chi connectivity index (χ4v) is 5.39. The smallest absolute Gasteiger partial charge is 0.161 e. The minimum Gasteiger partial charge on any atom is -0.504 e. The molecule has 0 spiro atoms. The molecule has 0 aromatic heterocycles. The van der Waals surface area contributed by atoms with Crippen molar-refractivity contribution in [2.45, 2.75) is 64.3 Å². The number of fused-ring (bicyclic) bond motifs is 1. The summed E-state index contributed by atoms with van der Waals surface area (Å²) in [5.74, 6) is 2.40. The highest BCUT2D eigenvalue weighted by atomic mass is 16.5. The van der Waals surface area contributed by atoms with E-state index in [1.807, 2.05) is 6.07 Å². The molecule has 0 bridgehead atoms. The van der Waals surface area contributed by atoms with Crippen molar-refractivity contribution in [3.8, 4) is 11.5 Å². The summed E-state index contributed by atoms with van der Waals surface area (Å²) in [6, 6.07) is 4.64. The topological polar surface area (TPSA) is 32.7 Å². The maximum Gasteiger partial charge on any atom is 0.161 e. The van der Waals surface area contributed by atoms with Crippen molar-refractivity contribution >= 4 is 0 Å². The van der Waals surface area contributed by atoms with E-state index < -0.39 is 0 Å². The van der Waals surface area contributed by atoms with Gasteiger partial charge in [0.1, 0.15) is 0 Å². The number of benzene rings is 1. The molecule has 4 atom stereocenters. The standard InChI is InChI=1S/C21H33NO2/c1-6-16-7-8-18(24-5)20(23)19(16)21-10-9-14(2)13-17(21)15(3)22(4)12-11-21/h7-8,14-15,17,23H,6,9-13H2,1-5H3. The van der Waals surface area contributed by atoms with E-state index in [0.717, 1.165) is 25.3 Å². The number of likely N-dealkylation sites (tertiary alicyclic amines) is 1. The molecule has 0 amide bonds. The van der Waals surface area contributed by atoms with Crippen LogP contribution in [0.5, 0.6) is 11.5 Å². The Morgan fingerprint density at radius 3 is 2.71 bits per heavy atom. The van der Waals surface area contributed by atoms with Crippen molar-refractivity contribution in [3.63, 3.8) is 0 Å². The van der Waals surface area contributed by atoms with Crippen LogP contribution in [0.4, 0.5) is 0 Å². The summed E-state index contributed by atoms with van der Waals surface area (Å²) in [5, 5.41) is 11.1. The minimum absolute atomic E-state index is 0.0996. The van der Waals surface area contributed by atoms with Crippen LogP contribution in [0.15, 0.2) is 12.1 Å². The molecule has 134 valence electrons. The fraction of sp³-hybridized carbons (Fsp3) is 0.714. The number of aromatic hydroxyl groups is 1. The van der Waals surface area contributed by atoms with E-state index in [1.54, 1.807) is 7.11 Å². The van der Waals surface area contributed by atoms with Crippen LogP contribution in [0.2, 0.25) is 0 Å². The summed E-state index contributed by atoms with van der Waals surface area (Å²) >= 11 is 0. The third-order valence-corrected chi connectivity index (χ3v) is 6.96. The minimum atomic E-state index is 0.0996. The van der Waals surface area contributed by atoms with Gasteiger partial charge in [0, 0.05) is 17.0 Å². The highest BCUT2D eigenvalue weighted by molar-refractivity contribution is 5.54. The number of hydrogen-bond donors (Lipinski definition) is 1. The van der Waals surface area contributed by atoms with E-state index in [0.29, 0.717) is 23.5 Å². The van der Waals surface area contributed by atoms with Gasteiger partial charge in [-0.3, -0.25) is 0 Å². The molecule has 1 aliphatic carbocycles. The predicted octanol–water partition coefficient (Wildman–Crippen LogP) is 4.36. The number of hydrogen-bond acceptors (Lipinski definition) is 3. The Morgan fingerprint density at radius 1 is 1.29 bits per heavy atom. The predicted molar refractivity (Wildman–Crippen MR) is 98.9 cm³/mol. The van der Waals surface area contributed by atoms with Gasteiger partial charge >= 0.3 is 0 Å². The highest BCUT2D eigenvalue weighted by Gasteiger charge is 2.51. The largest absolute Gasteiger partial charge is 0.504 e. The normalized spacial score (nSPS) is 34.0. The van der Waals surface area contributed by atoms with E-state index in [2.05, 4.69) is 38.8 Å². The summed E-state index contributed by atoms with van der Waals surface area (Å²) in [4.78, 5) is 2.50. The first kappa shape index (κ1) is 17.6. The van der Waals surface area contributed by atoms with Crippen molar-refractivity contribution in [1.82, 2.24) is 4.90 Å². The van der Waals surface area contributed by atoms with Crippen molar-refractivity contribution in [2.24, 2.45) is 11.8 Å². The number of ether oxygens (including phenoxy) is 1. The molecule has 3 rings (SSSR count). The molecule has 1 aliphatic heterocycles. The zero-order valence-electron chi connectivity index (χ0n) is 15.9. The summed E-state index contributed by atoms with van der Waals surface area (Å²) < 4.78 is 5.46. The molecule has 1 aromatic carbocycles. The van der Waals surface area contributed by atoms with Crippen molar-refractivity contribution in [1.29, 1.82) is 0 Å². The molecule has 0 radical (unpaired) electrons. The summed E-state index contributed by atoms with van der Waals surface area (Å²) in [7, 11) is 3.90. The molecule has 4 unspecified atom stereocenters. The van der Waals surface area contributed by atoms with Gasteiger partial charge in [0.2, 0.25) is 0 Å². The van der Waals surface area contributed by atoms with Crippen molar-refractivity contribution in [3.05, 3.63) is 23.3 Å². The van der Waals surface area contributed by atoms with Gasteiger partial charge in [0.25, 0.3) is 0 Å². The van der Waals surface area contributed by atoms with Crippen LogP contribution < -0.4 is 4.74 Å². The molecule has 1 aromatic rings. The lowest BCUT2D eigenvalue weighted by Gasteiger charge is -2.55. The molecule has 24 heavy (non-hydrogen) atoms. The third-order valence-electron chi connectivity index (χ3n) is 6.96. The van der Waals surface area contributed by atoms with Gasteiger partial charge in [-0.05, 0) is 76.1 Å². The van der Waals surface area contributed by atoms with Crippen LogP contribution in [0.25, 0.3) is 0 Å². The number of phenolic OH excluding ortho intramolecular Hbond substituents is 1. The number of nitrogens with zero attached hydrogens (tertiary/aromatic N) is 1. The average molecular weight is 332 g/mol. The third kappa shape index (κ3) is 2.61. The van der Waals surface area contributed by atoms with E-state index in [1.165, 1.54) is 30.4 Å². The number of rotatable bonds is 3. The fourth-order valence-electron chi connectivity index (χ4n) is 5.39. The number of aryl methyl sites for hydroxylation is 1. The second kappa shape index (κ2) is 6.59. The van der Waals surface area contributed by atoms with Crippen LogP contribution in [0.3, 0.4) is 0 Å². The zero-order valence-corrected chi connectivity index (χ0v) is 15.9. The molecule has 1 N–H and O–H groups in total. The van der Waals surface area contributed by atoms with Crippen molar-refractivity contribution in [2.75, 3.05) is 20.7 Å². The monoisotopic (exact) mass is 331 g/mol. The maximum absolute atomic E-state index is 11.1. The van der Waals surface area contributed by atoms with Crippen LogP contribution in [0, 0.1) is 11.8 Å². The second-order valence-corrected chi connectivity index (χ2v) is 8.12. The Bertz CT molecular complexity index is 596. The molecule has 3 nitrogen and oxygen atoms in total. The van der Waals surface area contributed by atoms with Gasteiger partial charge < -0.3 is 14.7 Å². The highest BCUT2D eigenvalue weighted by Crippen LogP contribution is 2.56. The zero-order chi connectivity index (χ0) is 17.5. The van der Waals surface area contributed by atoms with Gasteiger partial charge in [-0.1, -0.05) is 19.9 Å². The quantitative estimate of drug-likeness (QED) is 0.893. The first-order chi connectivity index (χ1) is 11.4. The van der Waals surface area contributed by atoms with E-state index >= 15 is 0 Å². The van der Waals surface area contributed by atoms with Crippen LogP contribution in [-0.2, 0) is 11.8 Å². The van der Waals surface area contributed by atoms with E-state index in [4.69, 9.17) is 4.74 Å². The van der Waals surface area contributed by atoms with Gasteiger partial charge in [-0.25, -0.2) is 0 Å². The number of phenols is 1. The molecule has 2 fully saturated rings. The lowest BCUT2D eigenvalue weighted by Crippen LogP contribution is -2.56. The van der Waals surface area contributed by atoms with Crippen LogP contribution in [-0.4, -0.2) is 36.8 Å². The lowest BCUT2D eigenvalue weighted by molar-refractivity contribution is 0.00587. The Balaban J connectivity index is 2.17. The number of methoxy groups -OCH3 is 1. The Morgan fingerprint density at radius 2 is 2.04 bits per heavy atom. The Hall–Kier alpha value is -1.22. The number of piperidine rings is 1. The average Bonchev–Trinajstić information content (AvgIpc) is 2.59. The van der Waals surface area contributed by atoms with Gasteiger partial charge in [0.15, 0.2) is 11.5 Å². The molecular formula is C21H33NO2. The van der Waals surface area contributed by atoms with Crippen molar-refractivity contribution < 1.29 is 9.84 Å². The van der Waals surface area contributed by atoms with E-state index in [-0.39, 0.29) is 5.41 Å². The Kier molecular flexibility index (Phi) is 4.83. The first-order valence-electron chi connectivity index (χ1n) is 9.54. The van der Waals surface area contributed by atoms with Crippen LogP contribution >= 0.6 is 0 Å². The molecule has 1 saturated carbocycles. The van der Waals surface area contributed by atoms with E-state index in [9.17, 15) is 5.11 Å². The summed E-state index contributed by atoms with van der Waals surface area (Å²) in [6.07, 6.45) is 5.79. The SMILES string of the molecule is CCc1ccc(OC)c(O)c1C12CCC(C)CC1C(C)N(C)CC2. The molecular weight excluding hydrogens is 298 g/mol. The molecule has 1 saturated heterocycles. The first-order valence-corrected chi connectivity index (χ1v) is 9.54. The lowest BCUT2D eigenvalue weighted by atomic mass is 9.54. The Labute approximate surface area is 147 Å². The summed E-state index contributed by atoms with van der Waals surface area (Å²) in [6.45, 7) is 8.06. The second-order valence-electron chi connectivity index (χ2n) is 8.12. The summed E-state index contributed by atoms with van der Waals surface area (Å²) in [5.41, 5.74) is 2.59. The van der Waals surface area contributed by atoms with Gasteiger partial charge in [-0.2, -0.15) is 0 Å². The van der Waals surface area contributed by atoms with Crippen LogP contribution in [0.1, 0.15) is 57.6 Å².